The number of rotatable bonds is 1. The van der Waals surface area contributed by atoms with Crippen LogP contribution >= 0.6 is 0 Å². The van der Waals surface area contributed by atoms with Crippen LogP contribution in [0.1, 0.15) is 0 Å². The molecule has 2 rings (SSSR count). The average Bonchev–Trinajstić information content (AvgIpc) is 2.23. The minimum Gasteiger partial charge on any atom is -1.00 e. The van der Waals surface area contributed by atoms with E-state index in [9.17, 15) is 10.2 Å². The van der Waals surface area contributed by atoms with Crippen LogP contribution in [0.4, 0.5) is 0 Å². The Morgan fingerprint density at radius 1 is 0.933 bits per heavy atom. The van der Waals surface area contributed by atoms with Crippen LogP contribution in [0, 0.1) is 0 Å². The van der Waals surface area contributed by atoms with Crippen molar-refractivity contribution in [3.05, 3.63) is 48.8 Å². The van der Waals surface area contributed by atoms with Gasteiger partial charge in [0, 0.05) is 12.1 Å². The maximum atomic E-state index is 9.56. The number of pyridine rings is 1. The zero-order chi connectivity index (χ0) is 9.97. The second-order valence-corrected chi connectivity index (χ2v) is 2.96. The van der Waals surface area contributed by atoms with E-state index in [4.69, 9.17) is 0 Å². The summed E-state index contributed by atoms with van der Waals surface area (Å²) in [5, 5.41) is 18.8. The lowest BCUT2D eigenvalue weighted by molar-refractivity contribution is -0.596. The molecule has 0 fully saturated rings. The van der Waals surface area contributed by atoms with Crippen molar-refractivity contribution in [1.29, 1.82) is 0 Å². The Hall–Kier alpha value is -1.30. The van der Waals surface area contributed by atoms with E-state index in [1.54, 1.807) is 17.0 Å². The van der Waals surface area contributed by atoms with Crippen molar-refractivity contribution >= 4 is 0 Å². The molecule has 0 aliphatic rings. The van der Waals surface area contributed by atoms with Crippen molar-refractivity contribution < 1.29 is 38.8 Å². The van der Waals surface area contributed by atoms with Crippen molar-refractivity contribution in [3.8, 4) is 17.2 Å². The Balaban J connectivity index is 0.00000112. The molecule has 0 atom stereocenters. The number of nitrogens with zero attached hydrogens (tertiary/aromatic N) is 1. The quantitative estimate of drug-likeness (QED) is 0.377. The van der Waals surface area contributed by atoms with Gasteiger partial charge >= 0.3 is 0 Å². The summed E-state index contributed by atoms with van der Waals surface area (Å²) >= 11 is 0. The summed E-state index contributed by atoms with van der Waals surface area (Å²) in [7, 11) is 0. The first-order chi connectivity index (χ1) is 6.77. The molecule has 0 radical (unpaired) electrons. The summed E-state index contributed by atoms with van der Waals surface area (Å²) in [4.78, 5) is 0. The van der Waals surface area contributed by atoms with Gasteiger partial charge in [-0.05, 0) is 12.1 Å². The van der Waals surface area contributed by atoms with Gasteiger partial charge in [-0.3, -0.25) is 0 Å². The molecular weight excluding hydrogens is 305 g/mol. The molecule has 0 spiro atoms. The number of halogens is 1. The fourth-order valence-electron chi connectivity index (χ4n) is 1.28. The summed E-state index contributed by atoms with van der Waals surface area (Å²) in [5.41, 5.74) is 0.561. The zero-order valence-electron chi connectivity index (χ0n) is 7.84. The van der Waals surface area contributed by atoms with E-state index < -0.39 is 0 Å². The van der Waals surface area contributed by atoms with Crippen LogP contribution < -0.4 is 28.5 Å². The second kappa shape index (κ2) is 4.97. The Bertz CT molecular complexity index is 446. The van der Waals surface area contributed by atoms with Gasteiger partial charge in [-0.2, -0.15) is 4.57 Å². The van der Waals surface area contributed by atoms with E-state index in [0.29, 0.717) is 5.69 Å². The molecule has 4 heteroatoms. The topological polar surface area (TPSA) is 44.3 Å². The summed E-state index contributed by atoms with van der Waals surface area (Å²) < 4.78 is 1.73. The van der Waals surface area contributed by atoms with Gasteiger partial charge in [0.2, 0.25) is 0 Å². The smallest absolute Gasteiger partial charge is 0.256 e. The maximum Gasteiger partial charge on any atom is 0.256 e. The van der Waals surface area contributed by atoms with Gasteiger partial charge in [-0.1, -0.05) is 6.07 Å². The van der Waals surface area contributed by atoms with Gasteiger partial charge in [0.15, 0.2) is 18.1 Å². The van der Waals surface area contributed by atoms with E-state index >= 15 is 0 Å². The minimum absolute atomic E-state index is 0. The van der Waals surface area contributed by atoms with Crippen LogP contribution in [0.5, 0.6) is 11.5 Å². The van der Waals surface area contributed by atoms with Crippen LogP contribution in [0.25, 0.3) is 5.69 Å². The Labute approximate surface area is 105 Å². The van der Waals surface area contributed by atoms with Gasteiger partial charge in [0.1, 0.15) is 5.75 Å². The molecule has 1 heterocycles. The summed E-state index contributed by atoms with van der Waals surface area (Å²) in [6, 6.07) is 10.0. The number of aromatic nitrogens is 1. The van der Waals surface area contributed by atoms with Crippen LogP contribution in [-0.2, 0) is 0 Å². The fraction of sp³-hybridized carbons (Fsp3) is 0. The fourth-order valence-corrected chi connectivity index (χ4v) is 1.28. The van der Waals surface area contributed by atoms with Gasteiger partial charge in [-0.25, -0.2) is 0 Å². The third kappa shape index (κ3) is 2.59. The monoisotopic (exact) mass is 315 g/mol. The number of benzene rings is 1. The molecular formula is C11H10INO2. The molecule has 0 aliphatic heterocycles. The summed E-state index contributed by atoms with van der Waals surface area (Å²) in [6.07, 6.45) is 3.60. The predicted molar refractivity (Wildman–Crippen MR) is 51.3 cm³/mol. The van der Waals surface area contributed by atoms with Crippen molar-refractivity contribution in [2.75, 3.05) is 0 Å². The predicted octanol–water partition coefficient (Wildman–Crippen LogP) is -1.62. The Morgan fingerprint density at radius 2 is 1.60 bits per heavy atom. The number of phenolic OH excluding ortho intramolecular Hbond substituents is 2. The molecule has 0 bridgehead atoms. The average molecular weight is 315 g/mol. The van der Waals surface area contributed by atoms with Crippen molar-refractivity contribution in [2.24, 2.45) is 0 Å². The molecule has 2 N–H and O–H groups in total. The van der Waals surface area contributed by atoms with Crippen LogP contribution in [0.3, 0.4) is 0 Å². The first kappa shape index (κ1) is 11.8. The second-order valence-electron chi connectivity index (χ2n) is 2.96. The van der Waals surface area contributed by atoms with E-state index in [0.717, 1.165) is 0 Å². The van der Waals surface area contributed by atoms with Crippen molar-refractivity contribution in [1.82, 2.24) is 0 Å². The largest absolute Gasteiger partial charge is 1.00 e. The first-order valence-corrected chi connectivity index (χ1v) is 4.26. The zero-order valence-corrected chi connectivity index (χ0v) is 10.00. The molecule has 2 aromatic rings. The number of phenols is 2. The summed E-state index contributed by atoms with van der Waals surface area (Å²) in [6.45, 7) is 0. The van der Waals surface area contributed by atoms with E-state index in [1.807, 2.05) is 18.2 Å². The maximum absolute atomic E-state index is 9.56. The lowest BCUT2D eigenvalue weighted by Gasteiger charge is -1.98. The summed E-state index contributed by atoms with van der Waals surface area (Å²) in [5.74, 6) is 0.271. The number of aromatic hydroxyl groups is 2. The molecule has 0 unspecified atom stereocenters. The van der Waals surface area contributed by atoms with Crippen molar-refractivity contribution in [3.63, 3.8) is 0 Å². The molecule has 78 valence electrons. The third-order valence-electron chi connectivity index (χ3n) is 1.95. The lowest BCUT2D eigenvalue weighted by Crippen LogP contribution is -3.00. The minimum atomic E-state index is 0. The molecule has 1 aromatic heterocycles. The van der Waals surface area contributed by atoms with Gasteiger partial charge in [-0.15, -0.1) is 0 Å². The number of hydrogen-bond donors (Lipinski definition) is 2. The van der Waals surface area contributed by atoms with Crippen LogP contribution in [-0.4, -0.2) is 10.2 Å². The van der Waals surface area contributed by atoms with E-state index in [2.05, 4.69) is 0 Å². The lowest BCUT2D eigenvalue weighted by atomic mass is 10.2. The molecule has 1 aromatic carbocycles. The van der Waals surface area contributed by atoms with Crippen molar-refractivity contribution in [2.45, 2.75) is 0 Å². The SMILES string of the molecule is Oc1ccc(O)c(-[n+]2ccccc2)c1.[I-]. The van der Waals surface area contributed by atoms with E-state index in [-0.39, 0.29) is 35.5 Å². The standard InChI is InChI=1S/C11H9NO2.HI/c13-9-4-5-11(14)10(8-9)12-6-2-1-3-7-12;/h1-8H,(H-,13,14);1H. The number of hydrogen-bond acceptors (Lipinski definition) is 2. The van der Waals surface area contributed by atoms with Crippen LogP contribution in [0.2, 0.25) is 0 Å². The molecule has 15 heavy (non-hydrogen) atoms. The molecule has 0 saturated carbocycles. The highest BCUT2D eigenvalue weighted by Gasteiger charge is 2.11. The van der Waals surface area contributed by atoms with Crippen LogP contribution in [0.15, 0.2) is 48.8 Å². The Morgan fingerprint density at radius 3 is 2.27 bits per heavy atom. The van der Waals surface area contributed by atoms with Gasteiger partial charge in [0.05, 0.1) is 6.07 Å². The van der Waals surface area contributed by atoms with Gasteiger partial charge in [0.25, 0.3) is 5.69 Å². The van der Waals surface area contributed by atoms with Gasteiger partial charge < -0.3 is 34.2 Å². The first-order valence-electron chi connectivity index (χ1n) is 4.26. The molecule has 0 amide bonds. The molecule has 3 nitrogen and oxygen atoms in total. The molecule has 0 saturated heterocycles. The highest BCUT2D eigenvalue weighted by Crippen LogP contribution is 2.21. The van der Waals surface area contributed by atoms with E-state index in [1.165, 1.54) is 18.2 Å². The normalized spacial score (nSPS) is 9.33. The third-order valence-corrected chi connectivity index (χ3v) is 1.95. The Kier molecular flexibility index (Phi) is 3.90. The molecule has 0 aliphatic carbocycles. The highest BCUT2D eigenvalue weighted by atomic mass is 127. The highest BCUT2D eigenvalue weighted by molar-refractivity contribution is 5.44.